The largest absolute Gasteiger partial charge is 0.491 e. The second-order valence-corrected chi connectivity index (χ2v) is 10.2. The first-order valence-corrected chi connectivity index (χ1v) is 13.4. The summed E-state index contributed by atoms with van der Waals surface area (Å²) < 4.78 is 5.67. The molecule has 0 bridgehead atoms. The molecule has 1 aliphatic heterocycles. The van der Waals surface area contributed by atoms with Crippen LogP contribution in [0.3, 0.4) is 0 Å². The summed E-state index contributed by atoms with van der Waals surface area (Å²) in [5.41, 5.74) is 1.97. The zero-order chi connectivity index (χ0) is 26.2. The molecule has 2 aromatic heterocycles. The van der Waals surface area contributed by atoms with Crippen LogP contribution >= 0.6 is 11.3 Å². The minimum atomic E-state index is -0.181. The first-order valence-electron chi connectivity index (χ1n) is 12.5. The van der Waals surface area contributed by atoms with Crippen LogP contribution in [0, 0.1) is 11.3 Å². The monoisotopic (exact) mass is 517 g/mol. The molecule has 9 heteroatoms. The molecule has 1 saturated heterocycles. The second-order valence-electron chi connectivity index (χ2n) is 9.32. The third-order valence-electron chi connectivity index (χ3n) is 6.22. The van der Waals surface area contributed by atoms with Crippen LogP contribution < -0.4 is 4.74 Å². The highest BCUT2D eigenvalue weighted by Crippen LogP contribution is 2.31. The minimum absolute atomic E-state index is 0.0214. The Morgan fingerprint density at radius 1 is 1.22 bits per heavy atom. The van der Waals surface area contributed by atoms with Crippen molar-refractivity contribution in [3.05, 3.63) is 76.0 Å². The molecule has 4 rings (SSSR count). The Labute approximate surface area is 221 Å². The first-order chi connectivity index (χ1) is 17.9. The molecule has 192 valence electrons. The summed E-state index contributed by atoms with van der Waals surface area (Å²) in [5, 5.41) is 11.8. The van der Waals surface area contributed by atoms with E-state index in [1.807, 2.05) is 55.1 Å². The number of amides is 2. The molecule has 0 N–H and O–H groups in total. The number of rotatable bonds is 9. The van der Waals surface area contributed by atoms with Crippen LogP contribution in [-0.2, 0) is 6.54 Å². The van der Waals surface area contributed by atoms with Crippen molar-refractivity contribution in [3.8, 4) is 11.8 Å². The van der Waals surface area contributed by atoms with Gasteiger partial charge in [-0.2, -0.15) is 5.26 Å². The number of piperidine rings is 1. The number of benzene rings is 1. The lowest BCUT2D eigenvalue weighted by Gasteiger charge is -2.31. The Morgan fingerprint density at radius 2 is 1.97 bits per heavy atom. The van der Waals surface area contributed by atoms with Gasteiger partial charge in [-0.1, -0.05) is 6.07 Å². The Hall–Kier alpha value is -3.77. The summed E-state index contributed by atoms with van der Waals surface area (Å²) in [6.07, 6.45) is 5.36. The predicted octanol–water partition coefficient (Wildman–Crippen LogP) is 4.90. The summed E-state index contributed by atoms with van der Waals surface area (Å²) >= 11 is 1.49. The van der Waals surface area contributed by atoms with Crippen molar-refractivity contribution in [2.24, 2.45) is 0 Å². The normalized spacial score (nSPS) is 13.8. The van der Waals surface area contributed by atoms with Crippen molar-refractivity contribution in [2.45, 2.75) is 51.7 Å². The molecule has 37 heavy (non-hydrogen) atoms. The van der Waals surface area contributed by atoms with Gasteiger partial charge in [0.05, 0.1) is 23.6 Å². The van der Waals surface area contributed by atoms with Gasteiger partial charge >= 0.3 is 0 Å². The lowest BCUT2D eigenvalue weighted by atomic mass is 9.97. The van der Waals surface area contributed by atoms with Gasteiger partial charge in [0.15, 0.2) is 0 Å². The van der Waals surface area contributed by atoms with Crippen molar-refractivity contribution >= 4 is 23.2 Å². The van der Waals surface area contributed by atoms with Crippen LogP contribution in [0.1, 0.15) is 70.4 Å². The number of hydrogen-bond donors (Lipinski definition) is 0. The Bertz CT molecular complexity index is 1230. The number of pyridine rings is 1. The predicted molar refractivity (Wildman–Crippen MR) is 141 cm³/mol. The maximum atomic E-state index is 13.2. The van der Waals surface area contributed by atoms with E-state index in [4.69, 9.17) is 10.00 Å². The smallest absolute Gasteiger partial charge is 0.273 e. The number of carbonyl (C=O) groups excluding carboxylic acids is 2. The number of nitriles is 1. The molecular formula is C28H31N5O3S. The number of thiazole rings is 1. The maximum Gasteiger partial charge on any atom is 0.273 e. The quantitative estimate of drug-likeness (QED) is 0.400. The SMILES string of the molecule is CC(C)Oc1ccc(C(=O)N2CCC(c3nc(C(=O)N(CCC#N)Cc4cccnc4)cs3)CC2)cc1. The Morgan fingerprint density at radius 3 is 2.62 bits per heavy atom. The second kappa shape index (κ2) is 12.5. The summed E-state index contributed by atoms with van der Waals surface area (Å²) in [5.74, 6) is 0.807. The van der Waals surface area contributed by atoms with E-state index >= 15 is 0 Å². The molecule has 3 aromatic rings. The van der Waals surface area contributed by atoms with E-state index in [0.717, 1.165) is 29.2 Å². The zero-order valence-electron chi connectivity index (χ0n) is 21.2. The maximum absolute atomic E-state index is 13.2. The number of likely N-dealkylation sites (tertiary alicyclic amines) is 1. The third kappa shape index (κ3) is 6.92. The lowest BCUT2D eigenvalue weighted by molar-refractivity contribution is 0.0712. The lowest BCUT2D eigenvalue weighted by Crippen LogP contribution is -2.38. The van der Waals surface area contributed by atoms with Crippen LogP contribution in [-0.4, -0.2) is 57.3 Å². The first kappa shape index (κ1) is 26.3. The molecule has 3 heterocycles. The van der Waals surface area contributed by atoms with Crippen LogP contribution in [0.25, 0.3) is 0 Å². The molecule has 0 atom stereocenters. The molecule has 2 amide bonds. The highest BCUT2D eigenvalue weighted by Gasteiger charge is 2.28. The fourth-order valence-electron chi connectivity index (χ4n) is 4.35. The average molecular weight is 518 g/mol. The van der Waals surface area contributed by atoms with Gasteiger partial charge in [-0.25, -0.2) is 4.98 Å². The van der Waals surface area contributed by atoms with Crippen LogP contribution in [0.5, 0.6) is 5.75 Å². The van der Waals surface area contributed by atoms with Gasteiger partial charge in [0.1, 0.15) is 11.4 Å². The Kier molecular flexibility index (Phi) is 8.86. The average Bonchev–Trinajstić information content (AvgIpc) is 3.41. The third-order valence-corrected chi connectivity index (χ3v) is 7.23. The molecule has 1 fully saturated rings. The van der Waals surface area contributed by atoms with E-state index in [2.05, 4.69) is 16.0 Å². The van der Waals surface area contributed by atoms with E-state index in [-0.39, 0.29) is 30.3 Å². The van der Waals surface area contributed by atoms with E-state index in [1.54, 1.807) is 22.7 Å². The van der Waals surface area contributed by atoms with E-state index in [1.165, 1.54) is 11.3 Å². The van der Waals surface area contributed by atoms with Crippen molar-refractivity contribution in [1.29, 1.82) is 5.26 Å². The van der Waals surface area contributed by atoms with Gasteiger partial charge in [-0.05, 0) is 62.6 Å². The number of ether oxygens (including phenoxy) is 1. The molecule has 0 radical (unpaired) electrons. The van der Waals surface area contributed by atoms with Crippen molar-refractivity contribution < 1.29 is 14.3 Å². The fourth-order valence-corrected chi connectivity index (χ4v) is 5.31. The van der Waals surface area contributed by atoms with Crippen molar-refractivity contribution in [2.75, 3.05) is 19.6 Å². The molecule has 1 aliphatic rings. The minimum Gasteiger partial charge on any atom is -0.491 e. The number of carbonyl (C=O) groups is 2. The highest BCUT2D eigenvalue weighted by atomic mass is 32.1. The van der Waals surface area contributed by atoms with E-state index < -0.39 is 0 Å². The molecular weight excluding hydrogens is 486 g/mol. The number of nitrogens with zero attached hydrogens (tertiary/aromatic N) is 5. The summed E-state index contributed by atoms with van der Waals surface area (Å²) in [4.78, 5) is 38.5. The molecule has 0 spiro atoms. The van der Waals surface area contributed by atoms with Gasteiger partial charge < -0.3 is 14.5 Å². The molecule has 0 unspecified atom stereocenters. The number of aromatic nitrogens is 2. The van der Waals surface area contributed by atoms with Crippen LogP contribution in [0.15, 0.2) is 54.2 Å². The number of hydrogen-bond acceptors (Lipinski definition) is 7. The van der Waals surface area contributed by atoms with E-state index in [9.17, 15) is 9.59 Å². The van der Waals surface area contributed by atoms with Crippen LogP contribution in [0.4, 0.5) is 0 Å². The van der Waals surface area contributed by atoms with Gasteiger partial charge in [0.25, 0.3) is 11.8 Å². The van der Waals surface area contributed by atoms with Gasteiger partial charge in [-0.15, -0.1) is 11.3 Å². The summed E-state index contributed by atoms with van der Waals surface area (Å²) in [6, 6.07) is 13.2. The van der Waals surface area contributed by atoms with Gasteiger partial charge in [-0.3, -0.25) is 14.6 Å². The molecule has 1 aromatic carbocycles. The standard InChI is InChI=1S/C28H31N5O3S/c1-20(2)36-24-8-6-23(7-9-24)27(34)32-15-10-22(11-16-32)26-31-25(19-37-26)28(35)33(14-4-12-29)18-21-5-3-13-30-17-21/h3,5-9,13,17,19-20,22H,4,10-11,14-16,18H2,1-2H3. The van der Waals surface area contributed by atoms with Gasteiger partial charge in [0, 0.05) is 55.4 Å². The van der Waals surface area contributed by atoms with Gasteiger partial charge in [0.2, 0.25) is 0 Å². The summed E-state index contributed by atoms with van der Waals surface area (Å²) in [6.45, 7) is 5.95. The zero-order valence-corrected chi connectivity index (χ0v) is 22.0. The highest BCUT2D eigenvalue weighted by molar-refractivity contribution is 7.09. The van der Waals surface area contributed by atoms with E-state index in [0.29, 0.717) is 37.4 Å². The molecule has 0 saturated carbocycles. The fraction of sp³-hybridized carbons (Fsp3) is 0.393. The van der Waals surface area contributed by atoms with Crippen LogP contribution in [0.2, 0.25) is 0 Å². The topological polar surface area (TPSA) is 99.4 Å². The summed E-state index contributed by atoms with van der Waals surface area (Å²) in [7, 11) is 0. The Balaban J connectivity index is 1.35. The molecule has 0 aliphatic carbocycles. The molecule has 8 nitrogen and oxygen atoms in total. The van der Waals surface area contributed by atoms with Crippen molar-refractivity contribution in [1.82, 2.24) is 19.8 Å². The van der Waals surface area contributed by atoms with Crippen molar-refractivity contribution in [3.63, 3.8) is 0 Å².